The molecule has 0 aromatic rings. The quantitative estimate of drug-likeness (QED) is 0.786. The van der Waals surface area contributed by atoms with E-state index < -0.39 is 22.3 Å². The van der Waals surface area contributed by atoms with Gasteiger partial charge in [-0.2, -0.15) is 18.4 Å². The molecular weight excluding hydrogens is 270 g/mol. The summed E-state index contributed by atoms with van der Waals surface area (Å²) in [4.78, 5) is 11.1. The number of carbonyl (C=O) groups excluding carboxylic acids is 1. The van der Waals surface area contributed by atoms with Gasteiger partial charge < -0.3 is 4.74 Å². The molecule has 1 fully saturated rings. The van der Waals surface area contributed by atoms with Crippen LogP contribution in [0.3, 0.4) is 0 Å². The predicted octanol–water partition coefficient (Wildman–Crippen LogP) is 1.04. The summed E-state index contributed by atoms with van der Waals surface area (Å²) in [5.41, 5.74) is 0. The average Bonchev–Trinajstić information content (AvgIpc) is 2.36. The lowest BCUT2D eigenvalue weighted by molar-refractivity contribution is 0.158. The van der Waals surface area contributed by atoms with Crippen LogP contribution >= 0.6 is 0 Å². The summed E-state index contributed by atoms with van der Waals surface area (Å²) in [6, 6.07) is 1.14. The molecule has 1 amide bonds. The van der Waals surface area contributed by atoms with Crippen LogP contribution in [0.2, 0.25) is 0 Å². The van der Waals surface area contributed by atoms with Gasteiger partial charge in [0.25, 0.3) is 0 Å². The third kappa shape index (κ3) is 5.44. The fourth-order valence-corrected chi connectivity index (χ4v) is 3.08. The summed E-state index contributed by atoms with van der Waals surface area (Å²) in [5, 5.41) is 9.06. The number of amides is 1. The van der Waals surface area contributed by atoms with Crippen LogP contribution in [0.1, 0.15) is 39.0 Å². The van der Waals surface area contributed by atoms with Crippen LogP contribution in [0.5, 0.6) is 0 Å². The molecular formula is C11H19N3O4S. The second-order valence-corrected chi connectivity index (χ2v) is 5.90. The maximum atomic E-state index is 11.7. The van der Waals surface area contributed by atoms with E-state index in [1.165, 1.54) is 0 Å². The van der Waals surface area contributed by atoms with Gasteiger partial charge in [-0.05, 0) is 25.7 Å². The van der Waals surface area contributed by atoms with Gasteiger partial charge in [0.05, 0.1) is 12.7 Å². The van der Waals surface area contributed by atoms with E-state index in [1.54, 1.807) is 11.6 Å². The lowest BCUT2D eigenvalue weighted by atomic mass is 9.85. The Hall–Kier alpha value is -1.33. The summed E-state index contributed by atoms with van der Waals surface area (Å²) in [5.74, 6) is -0.00230. The number of nitrogens with one attached hydrogen (secondary N) is 2. The molecule has 2 N–H and O–H groups in total. The molecule has 0 aromatic carbocycles. The standard InChI is InChI=1S/C11H19N3O4S/c1-2-18-11(15)14-19(16,17)13-10(8-12)9-6-4-3-5-7-9/h9-10,13H,2-7H2,1H3,(H,14,15). The van der Waals surface area contributed by atoms with E-state index in [2.05, 4.69) is 9.46 Å². The van der Waals surface area contributed by atoms with Crippen molar-refractivity contribution in [2.24, 2.45) is 5.92 Å². The number of carbonyl (C=O) groups is 1. The normalized spacial score (nSPS) is 18.3. The number of hydrogen-bond acceptors (Lipinski definition) is 5. The highest BCUT2D eigenvalue weighted by atomic mass is 32.2. The smallest absolute Gasteiger partial charge is 0.421 e. The summed E-state index contributed by atoms with van der Waals surface area (Å²) in [6.07, 6.45) is 3.70. The maximum Gasteiger partial charge on any atom is 0.421 e. The zero-order chi connectivity index (χ0) is 14.3. The van der Waals surface area contributed by atoms with Crippen LogP contribution in [0, 0.1) is 17.2 Å². The van der Waals surface area contributed by atoms with Gasteiger partial charge in [-0.25, -0.2) is 9.52 Å². The van der Waals surface area contributed by atoms with E-state index in [0.717, 1.165) is 32.1 Å². The molecule has 1 aliphatic rings. The summed E-state index contributed by atoms with van der Waals surface area (Å²) < 4.78 is 31.7. The van der Waals surface area contributed by atoms with Crippen LogP contribution in [-0.4, -0.2) is 27.2 Å². The van der Waals surface area contributed by atoms with Gasteiger partial charge in [0.15, 0.2) is 0 Å². The second-order valence-electron chi connectivity index (χ2n) is 4.45. The minimum Gasteiger partial charge on any atom is -0.449 e. The molecule has 1 aliphatic carbocycles. The van der Waals surface area contributed by atoms with Crippen LogP contribution in [-0.2, 0) is 14.9 Å². The third-order valence-electron chi connectivity index (χ3n) is 3.04. The highest BCUT2D eigenvalue weighted by Crippen LogP contribution is 2.26. The molecule has 0 saturated heterocycles. The van der Waals surface area contributed by atoms with Crippen molar-refractivity contribution in [3.63, 3.8) is 0 Å². The van der Waals surface area contributed by atoms with E-state index in [0.29, 0.717) is 0 Å². The van der Waals surface area contributed by atoms with E-state index in [1.807, 2.05) is 6.07 Å². The first-order chi connectivity index (χ1) is 8.98. The third-order valence-corrected chi connectivity index (χ3v) is 4.04. The van der Waals surface area contributed by atoms with Crippen molar-refractivity contribution in [1.29, 1.82) is 5.26 Å². The van der Waals surface area contributed by atoms with Gasteiger partial charge in [0, 0.05) is 0 Å². The first kappa shape index (κ1) is 15.7. The lowest BCUT2D eigenvalue weighted by Crippen LogP contribution is -2.47. The molecule has 0 spiro atoms. The topological polar surface area (TPSA) is 108 Å². The Labute approximate surface area is 113 Å². The van der Waals surface area contributed by atoms with Crippen LogP contribution in [0.15, 0.2) is 0 Å². The second kappa shape index (κ2) is 7.31. The van der Waals surface area contributed by atoms with Crippen molar-refractivity contribution in [2.75, 3.05) is 6.61 Å². The molecule has 0 bridgehead atoms. The molecule has 108 valence electrons. The van der Waals surface area contributed by atoms with Crippen LogP contribution < -0.4 is 9.44 Å². The molecule has 1 rings (SSSR count). The van der Waals surface area contributed by atoms with E-state index >= 15 is 0 Å². The highest BCUT2D eigenvalue weighted by Gasteiger charge is 2.28. The fourth-order valence-electron chi connectivity index (χ4n) is 2.16. The van der Waals surface area contributed by atoms with Gasteiger partial charge in [0.2, 0.25) is 0 Å². The van der Waals surface area contributed by atoms with Crippen LogP contribution in [0.25, 0.3) is 0 Å². The monoisotopic (exact) mass is 289 g/mol. The van der Waals surface area contributed by atoms with Crippen molar-refractivity contribution in [3.8, 4) is 6.07 Å². The summed E-state index contributed by atoms with van der Waals surface area (Å²) in [6.45, 7) is 1.64. The Morgan fingerprint density at radius 1 is 1.42 bits per heavy atom. The van der Waals surface area contributed by atoms with Crippen molar-refractivity contribution >= 4 is 16.3 Å². The maximum absolute atomic E-state index is 11.7. The van der Waals surface area contributed by atoms with Gasteiger partial charge in [0.1, 0.15) is 6.04 Å². The zero-order valence-electron chi connectivity index (χ0n) is 10.9. The molecule has 0 aliphatic heterocycles. The van der Waals surface area contributed by atoms with Crippen molar-refractivity contribution in [1.82, 2.24) is 9.44 Å². The summed E-state index contributed by atoms with van der Waals surface area (Å²) >= 11 is 0. The lowest BCUT2D eigenvalue weighted by Gasteiger charge is -2.26. The van der Waals surface area contributed by atoms with Crippen LogP contribution in [0.4, 0.5) is 4.79 Å². The molecule has 1 saturated carbocycles. The first-order valence-corrected chi connectivity index (χ1v) is 7.83. The number of rotatable bonds is 5. The Bertz CT molecular complexity index is 437. The molecule has 1 atom stereocenters. The Kier molecular flexibility index (Phi) is 6.05. The summed E-state index contributed by atoms with van der Waals surface area (Å²) in [7, 11) is -4.06. The Balaban J connectivity index is 2.59. The predicted molar refractivity (Wildman–Crippen MR) is 68.2 cm³/mol. The Morgan fingerprint density at radius 2 is 2.05 bits per heavy atom. The average molecular weight is 289 g/mol. The van der Waals surface area contributed by atoms with Gasteiger partial charge >= 0.3 is 16.3 Å². The van der Waals surface area contributed by atoms with Crippen molar-refractivity contribution in [3.05, 3.63) is 0 Å². The molecule has 0 aromatic heterocycles. The van der Waals surface area contributed by atoms with Crippen molar-refractivity contribution < 1.29 is 17.9 Å². The molecule has 0 radical (unpaired) electrons. The number of ether oxygens (including phenoxy) is 1. The van der Waals surface area contributed by atoms with Gasteiger partial charge in [-0.1, -0.05) is 19.3 Å². The molecule has 8 heteroatoms. The van der Waals surface area contributed by atoms with E-state index in [4.69, 9.17) is 5.26 Å². The van der Waals surface area contributed by atoms with Gasteiger partial charge in [-0.3, -0.25) is 0 Å². The van der Waals surface area contributed by atoms with E-state index in [-0.39, 0.29) is 12.5 Å². The molecule has 19 heavy (non-hydrogen) atoms. The number of nitriles is 1. The SMILES string of the molecule is CCOC(=O)NS(=O)(=O)NC(C#N)C1CCCCC1. The molecule has 0 heterocycles. The molecule has 7 nitrogen and oxygen atoms in total. The fraction of sp³-hybridized carbons (Fsp3) is 0.818. The highest BCUT2D eigenvalue weighted by molar-refractivity contribution is 7.88. The van der Waals surface area contributed by atoms with Gasteiger partial charge in [-0.15, -0.1) is 0 Å². The number of nitrogens with zero attached hydrogens (tertiary/aromatic N) is 1. The minimum absolute atomic E-state index is 0.00230. The Morgan fingerprint density at radius 3 is 2.58 bits per heavy atom. The van der Waals surface area contributed by atoms with E-state index in [9.17, 15) is 13.2 Å². The first-order valence-electron chi connectivity index (χ1n) is 6.35. The van der Waals surface area contributed by atoms with Crippen molar-refractivity contribution in [2.45, 2.75) is 45.1 Å². The molecule has 1 unspecified atom stereocenters. The zero-order valence-corrected chi connectivity index (χ0v) is 11.7. The number of hydrogen-bond donors (Lipinski definition) is 2. The largest absolute Gasteiger partial charge is 0.449 e. The minimum atomic E-state index is -4.06.